The Morgan fingerprint density at radius 2 is 1.80 bits per heavy atom. The van der Waals surface area contributed by atoms with Crippen molar-refractivity contribution in [2.75, 3.05) is 5.75 Å². The smallest absolute Gasteiger partial charge is 0.387 e. The van der Waals surface area contributed by atoms with Gasteiger partial charge in [-0.3, -0.25) is 4.79 Å². The van der Waals surface area contributed by atoms with Gasteiger partial charge in [-0.15, -0.1) is 11.8 Å². The van der Waals surface area contributed by atoms with Gasteiger partial charge in [0.25, 0.3) is 0 Å². The maximum absolute atomic E-state index is 12.1. The van der Waals surface area contributed by atoms with Crippen molar-refractivity contribution in [1.29, 1.82) is 0 Å². The molecular weight excluding hydrogens is 368 g/mol. The van der Waals surface area contributed by atoms with E-state index in [1.165, 1.54) is 23.9 Å². The standard InChI is InChI=1S/C18H18ClF2NO2S/c1-12(14-4-6-15(19)7-5-14)25-11-17(23)22-10-13-2-8-16(9-3-13)24-18(20)21/h2-9,12,18H,10-11H2,1H3,(H,22,23). The first kappa shape index (κ1) is 19.5. The van der Waals surface area contributed by atoms with Crippen molar-refractivity contribution in [3.05, 3.63) is 64.7 Å². The number of halogens is 3. The number of rotatable bonds is 8. The zero-order chi connectivity index (χ0) is 18.2. The fourth-order valence-corrected chi connectivity index (χ4v) is 3.05. The van der Waals surface area contributed by atoms with Crippen molar-refractivity contribution in [3.8, 4) is 5.75 Å². The second-order valence-corrected chi connectivity index (χ2v) is 7.07. The van der Waals surface area contributed by atoms with Gasteiger partial charge in [0.05, 0.1) is 5.75 Å². The Morgan fingerprint density at radius 1 is 1.16 bits per heavy atom. The molecule has 2 rings (SSSR count). The molecule has 0 aliphatic heterocycles. The molecule has 0 saturated heterocycles. The minimum atomic E-state index is -2.84. The number of ether oxygens (including phenoxy) is 1. The van der Waals surface area contributed by atoms with Crippen LogP contribution in [0.2, 0.25) is 5.02 Å². The molecule has 0 aliphatic rings. The average Bonchev–Trinajstić information content (AvgIpc) is 2.59. The van der Waals surface area contributed by atoms with Crippen molar-refractivity contribution in [2.45, 2.75) is 25.3 Å². The number of hydrogen-bond donors (Lipinski definition) is 1. The number of amides is 1. The number of hydrogen-bond acceptors (Lipinski definition) is 3. The van der Waals surface area contributed by atoms with Crippen LogP contribution in [0.4, 0.5) is 8.78 Å². The van der Waals surface area contributed by atoms with E-state index in [9.17, 15) is 13.6 Å². The van der Waals surface area contributed by atoms with E-state index in [1.54, 1.807) is 12.1 Å². The van der Waals surface area contributed by atoms with Crippen molar-refractivity contribution in [3.63, 3.8) is 0 Å². The Balaban J connectivity index is 1.74. The number of alkyl halides is 2. The molecule has 2 aromatic carbocycles. The molecule has 0 radical (unpaired) electrons. The average molecular weight is 386 g/mol. The van der Waals surface area contributed by atoms with E-state index in [-0.39, 0.29) is 16.9 Å². The summed E-state index contributed by atoms with van der Waals surface area (Å²) in [6.45, 7) is -0.475. The van der Waals surface area contributed by atoms with Crippen LogP contribution in [0.3, 0.4) is 0 Å². The second-order valence-electron chi connectivity index (χ2n) is 5.30. The summed E-state index contributed by atoms with van der Waals surface area (Å²) in [6, 6.07) is 13.7. The van der Waals surface area contributed by atoms with E-state index in [0.29, 0.717) is 17.3 Å². The molecule has 0 fully saturated rings. The number of thioether (sulfide) groups is 1. The molecule has 0 heterocycles. The lowest BCUT2D eigenvalue weighted by Crippen LogP contribution is -2.24. The van der Waals surface area contributed by atoms with E-state index < -0.39 is 6.61 Å². The van der Waals surface area contributed by atoms with Gasteiger partial charge in [0.2, 0.25) is 5.91 Å². The van der Waals surface area contributed by atoms with Crippen LogP contribution in [-0.4, -0.2) is 18.3 Å². The molecule has 1 amide bonds. The minimum Gasteiger partial charge on any atom is -0.435 e. The van der Waals surface area contributed by atoms with Gasteiger partial charge < -0.3 is 10.1 Å². The molecule has 0 saturated carbocycles. The van der Waals surface area contributed by atoms with E-state index in [2.05, 4.69) is 10.1 Å². The molecule has 0 aromatic heterocycles. The quantitative estimate of drug-likeness (QED) is 0.690. The Labute approximate surface area is 154 Å². The van der Waals surface area contributed by atoms with E-state index >= 15 is 0 Å². The van der Waals surface area contributed by atoms with Crippen LogP contribution in [-0.2, 0) is 11.3 Å². The highest BCUT2D eigenvalue weighted by atomic mass is 35.5. The Morgan fingerprint density at radius 3 is 2.40 bits per heavy atom. The Hall–Kier alpha value is -1.79. The van der Waals surface area contributed by atoms with Crippen LogP contribution in [0.15, 0.2) is 48.5 Å². The molecule has 1 unspecified atom stereocenters. The highest BCUT2D eigenvalue weighted by Gasteiger charge is 2.09. The Kier molecular flexibility index (Phi) is 7.52. The molecule has 7 heteroatoms. The predicted molar refractivity (Wildman–Crippen MR) is 97.2 cm³/mol. The summed E-state index contributed by atoms with van der Waals surface area (Å²) < 4.78 is 28.4. The van der Waals surface area contributed by atoms with Gasteiger partial charge in [-0.05, 0) is 42.3 Å². The van der Waals surface area contributed by atoms with Crippen LogP contribution < -0.4 is 10.1 Å². The lowest BCUT2D eigenvalue weighted by atomic mass is 10.2. The first-order valence-corrected chi connectivity index (χ1v) is 9.04. The lowest BCUT2D eigenvalue weighted by Gasteiger charge is -2.12. The second kappa shape index (κ2) is 9.63. The molecule has 1 N–H and O–H groups in total. The molecule has 1 atom stereocenters. The largest absolute Gasteiger partial charge is 0.435 e. The van der Waals surface area contributed by atoms with Crippen molar-refractivity contribution >= 4 is 29.3 Å². The number of carbonyl (C=O) groups excluding carboxylic acids is 1. The van der Waals surface area contributed by atoms with Gasteiger partial charge in [0, 0.05) is 16.8 Å². The molecule has 25 heavy (non-hydrogen) atoms. The summed E-state index contributed by atoms with van der Waals surface area (Å²) in [7, 11) is 0. The lowest BCUT2D eigenvalue weighted by molar-refractivity contribution is -0.118. The van der Waals surface area contributed by atoms with Crippen LogP contribution in [0.5, 0.6) is 5.75 Å². The van der Waals surface area contributed by atoms with Crippen LogP contribution in [0, 0.1) is 0 Å². The summed E-state index contributed by atoms with van der Waals surface area (Å²) in [4.78, 5) is 11.9. The third kappa shape index (κ3) is 6.92. The zero-order valence-corrected chi connectivity index (χ0v) is 15.1. The van der Waals surface area contributed by atoms with Crippen LogP contribution >= 0.6 is 23.4 Å². The molecular formula is C18H18ClF2NO2S. The van der Waals surface area contributed by atoms with Crippen LogP contribution in [0.1, 0.15) is 23.3 Å². The fraction of sp³-hybridized carbons (Fsp3) is 0.278. The van der Waals surface area contributed by atoms with Crippen molar-refractivity contribution in [2.24, 2.45) is 0 Å². The van der Waals surface area contributed by atoms with E-state index in [4.69, 9.17) is 11.6 Å². The van der Waals surface area contributed by atoms with Crippen molar-refractivity contribution < 1.29 is 18.3 Å². The van der Waals surface area contributed by atoms with Crippen LogP contribution in [0.25, 0.3) is 0 Å². The molecule has 0 bridgehead atoms. The number of benzene rings is 2. The van der Waals surface area contributed by atoms with Gasteiger partial charge in [-0.25, -0.2) is 0 Å². The fourth-order valence-electron chi connectivity index (χ4n) is 2.07. The van der Waals surface area contributed by atoms with Gasteiger partial charge >= 0.3 is 6.61 Å². The number of nitrogens with one attached hydrogen (secondary N) is 1. The molecule has 2 aromatic rings. The molecule has 0 spiro atoms. The highest BCUT2D eigenvalue weighted by Crippen LogP contribution is 2.28. The zero-order valence-electron chi connectivity index (χ0n) is 13.5. The third-order valence-electron chi connectivity index (χ3n) is 3.44. The topological polar surface area (TPSA) is 38.3 Å². The van der Waals surface area contributed by atoms with Gasteiger partial charge in [0.15, 0.2) is 0 Å². The summed E-state index contributed by atoms with van der Waals surface area (Å²) in [5.41, 5.74) is 1.92. The summed E-state index contributed by atoms with van der Waals surface area (Å²) in [6.07, 6.45) is 0. The van der Waals surface area contributed by atoms with Crippen molar-refractivity contribution in [1.82, 2.24) is 5.32 Å². The first-order chi connectivity index (χ1) is 11.9. The van der Waals surface area contributed by atoms with Gasteiger partial charge in [-0.2, -0.15) is 8.78 Å². The highest BCUT2D eigenvalue weighted by molar-refractivity contribution is 8.00. The van der Waals surface area contributed by atoms with Gasteiger partial charge in [0.1, 0.15) is 5.75 Å². The molecule has 0 aliphatic carbocycles. The summed E-state index contributed by atoms with van der Waals surface area (Å²) >= 11 is 7.39. The SMILES string of the molecule is CC(SCC(=O)NCc1ccc(OC(F)F)cc1)c1ccc(Cl)cc1. The summed E-state index contributed by atoms with van der Waals surface area (Å²) in [5, 5.41) is 3.66. The summed E-state index contributed by atoms with van der Waals surface area (Å²) in [5.74, 6) is 0.340. The maximum Gasteiger partial charge on any atom is 0.387 e. The molecule has 134 valence electrons. The van der Waals surface area contributed by atoms with E-state index in [1.807, 2.05) is 31.2 Å². The molecule has 3 nitrogen and oxygen atoms in total. The van der Waals surface area contributed by atoms with Gasteiger partial charge in [-0.1, -0.05) is 35.9 Å². The Bertz CT molecular complexity index is 680. The van der Waals surface area contributed by atoms with E-state index in [0.717, 1.165) is 11.1 Å². The minimum absolute atomic E-state index is 0.0845. The normalized spacial score (nSPS) is 12.0. The number of carbonyl (C=O) groups is 1. The maximum atomic E-state index is 12.1. The predicted octanol–water partition coefficient (Wildman–Crippen LogP) is 5.05. The third-order valence-corrected chi connectivity index (χ3v) is 4.90. The monoisotopic (exact) mass is 385 g/mol. The first-order valence-electron chi connectivity index (χ1n) is 7.61.